The summed E-state index contributed by atoms with van der Waals surface area (Å²) < 4.78 is 0. The van der Waals surface area contributed by atoms with Crippen LogP contribution in [0.5, 0.6) is 0 Å². The smallest absolute Gasteiger partial charge is 0.124 e. The van der Waals surface area contributed by atoms with E-state index in [1.807, 2.05) is 0 Å². The molecule has 0 aromatic heterocycles. The molecule has 1 aliphatic heterocycles. The maximum Gasteiger partial charge on any atom is 0.124 e. The number of hydrogen-bond donors (Lipinski definition) is 1. The van der Waals surface area contributed by atoms with Crippen molar-refractivity contribution in [2.24, 2.45) is 5.92 Å². The van der Waals surface area contributed by atoms with E-state index in [2.05, 4.69) is 11.9 Å². The molecule has 0 saturated carbocycles. The predicted octanol–water partition coefficient (Wildman–Crippen LogP) is 1.52. The summed E-state index contributed by atoms with van der Waals surface area (Å²) in [6, 6.07) is 0. The molecule has 1 N–H and O–H groups in total. The van der Waals surface area contributed by atoms with Crippen LogP contribution in [0.4, 0.5) is 0 Å². The number of carbonyl (C=O) groups is 1. The molecule has 0 aromatic carbocycles. The molecule has 12 heavy (non-hydrogen) atoms. The van der Waals surface area contributed by atoms with Crippen LogP contribution in [0.3, 0.4) is 0 Å². The Kier molecular flexibility index (Phi) is 4.01. The van der Waals surface area contributed by atoms with E-state index in [0.717, 1.165) is 31.4 Å². The van der Waals surface area contributed by atoms with Gasteiger partial charge in [0.25, 0.3) is 0 Å². The highest BCUT2D eigenvalue weighted by Crippen LogP contribution is 2.18. The maximum absolute atomic E-state index is 10.2. The minimum atomic E-state index is 0.538. The number of aldehydes is 1. The van der Waals surface area contributed by atoms with Crippen molar-refractivity contribution in [1.29, 1.82) is 0 Å². The molecule has 0 aromatic rings. The molecule has 1 unspecified atom stereocenters. The average Bonchev–Trinajstić information content (AvgIpc) is 2.06. The monoisotopic (exact) mass is 167 g/mol. The van der Waals surface area contributed by atoms with E-state index in [9.17, 15) is 4.79 Å². The summed E-state index contributed by atoms with van der Waals surface area (Å²) in [6.07, 6.45) is 5.05. The standard InChI is InChI=1S/C10H17NO/c1-9(4-6-12)7-10-3-2-5-11-8-10/h6,10-11H,1-5,7-8H2. The Labute approximate surface area is 74.0 Å². The van der Waals surface area contributed by atoms with Gasteiger partial charge in [0.2, 0.25) is 0 Å². The minimum Gasteiger partial charge on any atom is -0.316 e. The van der Waals surface area contributed by atoms with Gasteiger partial charge in [-0.2, -0.15) is 0 Å². The zero-order valence-electron chi connectivity index (χ0n) is 7.51. The molecule has 0 spiro atoms. The summed E-state index contributed by atoms with van der Waals surface area (Å²) in [5.74, 6) is 0.714. The van der Waals surface area contributed by atoms with Crippen molar-refractivity contribution < 1.29 is 4.79 Å². The number of allylic oxidation sites excluding steroid dienone is 1. The van der Waals surface area contributed by atoms with Gasteiger partial charge >= 0.3 is 0 Å². The summed E-state index contributed by atoms with van der Waals surface area (Å²) in [5, 5.41) is 3.35. The molecule has 2 heteroatoms. The lowest BCUT2D eigenvalue weighted by atomic mass is 9.92. The Balaban J connectivity index is 2.19. The Bertz CT molecular complexity index is 159. The second kappa shape index (κ2) is 5.09. The Morgan fingerprint density at radius 3 is 3.08 bits per heavy atom. The van der Waals surface area contributed by atoms with Gasteiger partial charge in [0.15, 0.2) is 0 Å². The largest absolute Gasteiger partial charge is 0.316 e. The first-order valence-electron chi connectivity index (χ1n) is 4.64. The maximum atomic E-state index is 10.2. The summed E-state index contributed by atoms with van der Waals surface area (Å²) in [4.78, 5) is 10.2. The van der Waals surface area contributed by atoms with Crippen LogP contribution in [-0.4, -0.2) is 19.4 Å². The van der Waals surface area contributed by atoms with Crippen LogP contribution in [0.2, 0.25) is 0 Å². The molecule has 1 atom stereocenters. The molecular weight excluding hydrogens is 150 g/mol. The molecule has 1 rings (SSSR count). The molecule has 68 valence electrons. The molecule has 1 fully saturated rings. The van der Waals surface area contributed by atoms with Crippen molar-refractivity contribution in [1.82, 2.24) is 5.32 Å². The van der Waals surface area contributed by atoms with E-state index < -0.39 is 0 Å². The third-order valence-corrected chi connectivity index (χ3v) is 2.35. The molecule has 1 aliphatic rings. The van der Waals surface area contributed by atoms with Crippen LogP contribution in [0.25, 0.3) is 0 Å². The predicted molar refractivity (Wildman–Crippen MR) is 50.0 cm³/mol. The number of piperidine rings is 1. The van der Waals surface area contributed by atoms with Crippen molar-refractivity contribution in [2.75, 3.05) is 13.1 Å². The van der Waals surface area contributed by atoms with Crippen molar-refractivity contribution >= 4 is 6.29 Å². The van der Waals surface area contributed by atoms with Gasteiger partial charge < -0.3 is 10.1 Å². The first-order valence-corrected chi connectivity index (χ1v) is 4.64. The average molecular weight is 167 g/mol. The van der Waals surface area contributed by atoms with Crippen LogP contribution in [0.15, 0.2) is 12.2 Å². The third-order valence-electron chi connectivity index (χ3n) is 2.35. The Morgan fingerprint density at radius 1 is 1.67 bits per heavy atom. The summed E-state index contributed by atoms with van der Waals surface area (Å²) in [7, 11) is 0. The molecule has 0 radical (unpaired) electrons. The SMILES string of the molecule is C=C(CC=O)CC1CCCNC1. The van der Waals surface area contributed by atoms with E-state index in [-0.39, 0.29) is 0 Å². The lowest BCUT2D eigenvalue weighted by Gasteiger charge is -2.22. The lowest BCUT2D eigenvalue weighted by molar-refractivity contribution is -0.107. The fraction of sp³-hybridized carbons (Fsp3) is 0.700. The Hall–Kier alpha value is -0.630. The van der Waals surface area contributed by atoms with Gasteiger partial charge in [-0.3, -0.25) is 0 Å². The second-order valence-corrected chi connectivity index (χ2v) is 3.54. The van der Waals surface area contributed by atoms with Crippen LogP contribution in [0, 0.1) is 5.92 Å². The fourth-order valence-electron chi connectivity index (χ4n) is 1.71. The first kappa shape index (κ1) is 9.46. The number of carbonyl (C=O) groups excluding carboxylic acids is 1. The van der Waals surface area contributed by atoms with Gasteiger partial charge in [-0.1, -0.05) is 12.2 Å². The number of nitrogens with one attached hydrogen (secondary N) is 1. The molecular formula is C10H17NO. The van der Waals surface area contributed by atoms with E-state index >= 15 is 0 Å². The van der Waals surface area contributed by atoms with E-state index in [4.69, 9.17) is 0 Å². The molecule has 1 heterocycles. The third kappa shape index (κ3) is 3.18. The van der Waals surface area contributed by atoms with Crippen molar-refractivity contribution in [3.63, 3.8) is 0 Å². The minimum absolute atomic E-state index is 0.538. The molecule has 1 saturated heterocycles. The van der Waals surface area contributed by atoms with Crippen molar-refractivity contribution in [2.45, 2.75) is 25.7 Å². The lowest BCUT2D eigenvalue weighted by Crippen LogP contribution is -2.29. The van der Waals surface area contributed by atoms with Crippen LogP contribution >= 0.6 is 0 Å². The number of rotatable bonds is 4. The summed E-state index contributed by atoms with van der Waals surface area (Å²) in [5.41, 5.74) is 1.08. The highest BCUT2D eigenvalue weighted by molar-refractivity contribution is 5.53. The van der Waals surface area contributed by atoms with Crippen molar-refractivity contribution in [3.8, 4) is 0 Å². The van der Waals surface area contributed by atoms with Crippen LogP contribution in [0.1, 0.15) is 25.7 Å². The van der Waals surface area contributed by atoms with E-state index in [1.54, 1.807) is 0 Å². The molecule has 2 nitrogen and oxygen atoms in total. The van der Waals surface area contributed by atoms with Gasteiger partial charge in [-0.25, -0.2) is 0 Å². The highest BCUT2D eigenvalue weighted by atomic mass is 16.1. The molecule has 0 amide bonds. The zero-order chi connectivity index (χ0) is 8.81. The highest BCUT2D eigenvalue weighted by Gasteiger charge is 2.13. The Morgan fingerprint density at radius 2 is 2.50 bits per heavy atom. The summed E-state index contributed by atoms with van der Waals surface area (Å²) in [6.45, 7) is 6.12. The topological polar surface area (TPSA) is 29.1 Å². The molecule has 0 aliphatic carbocycles. The quantitative estimate of drug-likeness (QED) is 0.508. The molecule has 0 bridgehead atoms. The van der Waals surface area contributed by atoms with Gasteiger partial charge in [0.1, 0.15) is 6.29 Å². The van der Waals surface area contributed by atoms with Gasteiger partial charge in [0, 0.05) is 6.42 Å². The normalized spacial score (nSPS) is 23.5. The summed E-state index contributed by atoms with van der Waals surface area (Å²) >= 11 is 0. The zero-order valence-corrected chi connectivity index (χ0v) is 7.51. The van der Waals surface area contributed by atoms with Crippen LogP contribution in [-0.2, 0) is 4.79 Å². The second-order valence-electron chi connectivity index (χ2n) is 3.54. The number of hydrogen-bond acceptors (Lipinski definition) is 2. The van der Waals surface area contributed by atoms with Gasteiger partial charge in [0.05, 0.1) is 0 Å². The fourth-order valence-corrected chi connectivity index (χ4v) is 1.71. The van der Waals surface area contributed by atoms with Gasteiger partial charge in [-0.15, -0.1) is 0 Å². The van der Waals surface area contributed by atoms with E-state index in [0.29, 0.717) is 12.3 Å². The first-order chi connectivity index (χ1) is 5.83. The van der Waals surface area contributed by atoms with Crippen LogP contribution < -0.4 is 5.32 Å². The van der Waals surface area contributed by atoms with Gasteiger partial charge in [-0.05, 0) is 38.3 Å². The van der Waals surface area contributed by atoms with E-state index in [1.165, 1.54) is 12.8 Å². The van der Waals surface area contributed by atoms with Crippen molar-refractivity contribution in [3.05, 3.63) is 12.2 Å².